The SMILES string of the molecule is CC(C)O/N=C1\c2ccccc2-n2cccc21. The van der Waals surface area contributed by atoms with Crippen molar-refractivity contribution in [2.45, 2.75) is 20.0 Å². The van der Waals surface area contributed by atoms with Crippen molar-refractivity contribution < 1.29 is 4.84 Å². The van der Waals surface area contributed by atoms with Crippen molar-refractivity contribution in [3.63, 3.8) is 0 Å². The largest absolute Gasteiger partial charge is 0.393 e. The van der Waals surface area contributed by atoms with Gasteiger partial charge >= 0.3 is 0 Å². The molecule has 0 saturated carbocycles. The number of hydrogen-bond acceptors (Lipinski definition) is 2. The standard InChI is InChI=1S/C14H14N2O/c1-10(2)17-15-14-11-6-3-4-7-12(11)16-9-5-8-13(14)16/h3-10H,1-2H3/b15-14+. The average Bonchev–Trinajstić information content (AvgIpc) is 2.87. The van der Waals surface area contributed by atoms with E-state index in [4.69, 9.17) is 4.84 Å². The van der Waals surface area contributed by atoms with Crippen LogP contribution in [0.5, 0.6) is 0 Å². The molecule has 86 valence electrons. The highest BCUT2D eigenvalue weighted by Gasteiger charge is 2.24. The number of nitrogens with zero attached hydrogens (tertiary/aromatic N) is 2. The molecular formula is C14H14N2O. The smallest absolute Gasteiger partial charge is 0.136 e. The molecule has 0 bridgehead atoms. The topological polar surface area (TPSA) is 26.5 Å². The third-order valence-corrected chi connectivity index (χ3v) is 2.76. The van der Waals surface area contributed by atoms with Crippen molar-refractivity contribution in [1.29, 1.82) is 0 Å². The summed E-state index contributed by atoms with van der Waals surface area (Å²) in [4.78, 5) is 5.38. The summed E-state index contributed by atoms with van der Waals surface area (Å²) in [5.41, 5.74) is 4.30. The Morgan fingerprint density at radius 2 is 1.94 bits per heavy atom. The lowest BCUT2D eigenvalue weighted by molar-refractivity contribution is 0.0863. The van der Waals surface area contributed by atoms with Crippen LogP contribution in [0.3, 0.4) is 0 Å². The van der Waals surface area contributed by atoms with E-state index in [1.807, 2.05) is 38.2 Å². The Balaban J connectivity index is 2.14. The van der Waals surface area contributed by atoms with E-state index in [-0.39, 0.29) is 6.10 Å². The molecule has 0 radical (unpaired) electrons. The van der Waals surface area contributed by atoms with Crippen molar-refractivity contribution in [1.82, 2.24) is 4.57 Å². The van der Waals surface area contributed by atoms with Crippen molar-refractivity contribution >= 4 is 5.71 Å². The van der Waals surface area contributed by atoms with Crippen LogP contribution in [0, 0.1) is 0 Å². The third kappa shape index (κ3) is 1.55. The van der Waals surface area contributed by atoms with Crippen molar-refractivity contribution in [3.05, 3.63) is 53.9 Å². The first-order chi connectivity index (χ1) is 8.27. The highest BCUT2D eigenvalue weighted by Crippen LogP contribution is 2.28. The minimum absolute atomic E-state index is 0.0960. The zero-order valence-corrected chi connectivity index (χ0v) is 9.92. The highest BCUT2D eigenvalue weighted by molar-refractivity contribution is 6.17. The maximum absolute atomic E-state index is 5.38. The van der Waals surface area contributed by atoms with Crippen LogP contribution in [0.1, 0.15) is 25.1 Å². The van der Waals surface area contributed by atoms with E-state index in [2.05, 4.69) is 27.9 Å². The second-order valence-corrected chi connectivity index (χ2v) is 4.37. The molecule has 1 aromatic carbocycles. The average molecular weight is 226 g/mol. The first-order valence-electron chi connectivity index (χ1n) is 5.78. The zero-order valence-electron chi connectivity index (χ0n) is 9.92. The van der Waals surface area contributed by atoms with E-state index in [9.17, 15) is 0 Å². The van der Waals surface area contributed by atoms with Crippen molar-refractivity contribution in [2.24, 2.45) is 5.16 Å². The number of oxime groups is 1. The second-order valence-electron chi connectivity index (χ2n) is 4.37. The van der Waals surface area contributed by atoms with E-state index in [1.54, 1.807) is 0 Å². The number of aromatic nitrogens is 1. The predicted molar refractivity (Wildman–Crippen MR) is 67.6 cm³/mol. The lowest BCUT2D eigenvalue weighted by Crippen LogP contribution is -2.03. The number of fused-ring (bicyclic) bond motifs is 3. The Labute approximate surface area is 100 Å². The molecule has 3 nitrogen and oxygen atoms in total. The molecule has 1 aliphatic rings. The second kappa shape index (κ2) is 3.77. The van der Waals surface area contributed by atoms with Crippen LogP contribution in [-0.2, 0) is 4.84 Å². The summed E-state index contributed by atoms with van der Waals surface area (Å²) in [7, 11) is 0. The van der Waals surface area contributed by atoms with E-state index in [0.717, 1.165) is 17.0 Å². The van der Waals surface area contributed by atoms with Crippen LogP contribution in [0.2, 0.25) is 0 Å². The lowest BCUT2D eigenvalue weighted by Gasteiger charge is -2.03. The summed E-state index contributed by atoms with van der Waals surface area (Å²) in [6.07, 6.45) is 2.14. The van der Waals surface area contributed by atoms with Gasteiger partial charge in [0.2, 0.25) is 0 Å². The van der Waals surface area contributed by atoms with Gasteiger partial charge in [-0.25, -0.2) is 0 Å². The molecule has 0 N–H and O–H groups in total. The molecule has 0 amide bonds. The zero-order chi connectivity index (χ0) is 11.8. The van der Waals surface area contributed by atoms with Gasteiger partial charge in [-0.3, -0.25) is 0 Å². The molecule has 1 aromatic heterocycles. The number of benzene rings is 1. The minimum Gasteiger partial charge on any atom is -0.393 e. The van der Waals surface area contributed by atoms with Gasteiger partial charge in [-0.05, 0) is 32.0 Å². The summed E-state index contributed by atoms with van der Waals surface area (Å²) in [6, 6.07) is 12.3. The normalized spacial score (nSPS) is 15.1. The van der Waals surface area contributed by atoms with Gasteiger partial charge in [-0.2, -0.15) is 0 Å². The van der Waals surface area contributed by atoms with Gasteiger partial charge in [0.25, 0.3) is 0 Å². The Morgan fingerprint density at radius 1 is 1.12 bits per heavy atom. The Kier molecular flexibility index (Phi) is 2.25. The predicted octanol–water partition coefficient (Wildman–Crippen LogP) is 2.97. The number of rotatable bonds is 2. The van der Waals surface area contributed by atoms with Crippen molar-refractivity contribution in [2.75, 3.05) is 0 Å². The van der Waals surface area contributed by atoms with Gasteiger partial charge in [0.15, 0.2) is 0 Å². The molecule has 0 atom stereocenters. The van der Waals surface area contributed by atoms with Gasteiger partial charge in [0, 0.05) is 11.8 Å². The fourth-order valence-electron chi connectivity index (χ4n) is 2.06. The number of para-hydroxylation sites is 1. The molecule has 3 rings (SSSR count). The van der Waals surface area contributed by atoms with E-state index in [0.29, 0.717) is 0 Å². The molecule has 0 spiro atoms. The van der Waals surface area contributed by atoms with Crippen LogP contribution >= 0.6 is 0 Å². The van der Waals surface area contributed by atoms with Gasteiger partial charge in [-0.1, -0.05) is 23.4 Å². The summed E-state index contributed by atoms with van der Waals surface area (Å²) >= 11 is 0. The molecule has 0 unspecified atom stereocenters. The van der Waals surface area contributed by atoms with Crippen molar-refractivity contribution in [3.8, 4) is 5.69 Å². The van der Waals surface area contributed by atoms with Crippen LogP contribution in [-0.4, -0.2) is 16.4 Å². The lowest BCUT2D eigenvalue weighted by atomic mass is 10.1. The van der Waals surface area contributed by atoms with E-state index < -0.39 is 0 Å². The van der Waals surface area contributed by atoms with Gasteiger partial charge in [0.1, 0.15) is 11.8 Å². The molecule has 2 heterocycles. The van der Waals surface area contributed by atoms with Crippen LogP contribution in [0.4, 0.5) is 0 Å². The van der Waals surface area contributed by atoms with Crippen LogP contribution in [0.15, 0.2) is 47.8 Å². The summed E-state index contributed by atoms with van der Waals surface area (Å²) < 4.78 is 2.14. The summed E-state index contributed by atoms with van der Waals surface area (Å²) in [5.74, 6) is 0. The summed E-state index contributed by atoms with van der Waals surface area (Å²) in [5, 5.41) is 4.27. The molecule has 0 saturated heterocycles. The quantitative estimate of drug-likeness (QED) is 0.617. The molecule has 2 aromatic rings. The van der Waals surface area contributed by atoms with E-state index >= 15 is 0 Å². The van der Waals surface area contributed by atoms with Crippen LogP contribution < -0.4 is 0 Å². The van der Waals surface area contributed by atoms with E-state index in [1.165, 1.54) is 5.69 Å². The molecule has 1 aliphatic heterocycles. The maximum atomic E-state index is 5.38. The molecule has 0 fully saturated rings. The molecule has 3 heteroatoms. The molecular weight excluding hydrogens is 212 g/mol. The summed E-state index contributed by atoms with van der Waals surface area (Å²) in [6.45, 7) is 3.95. The highest BCUT2D eigenvalue weighted by atomic mass is 16.6. The Morgan fingerprint density at radius 3 is 2.76 bits per heavy atom. The third-order valence-electron chi connectivity index (χ3n) is 2.76. The minimum atomic E-state index is 0.0960. The fraction of sp³-hybridized carbons (Fsp3) is 0.214. The Bertz CT molecular complexity index is 581. The maximum Gasteiger partial charge on any atom is 0.136 e. The Hall–Kier alpha value is -2.03. The molecule has 17 heavy (non-hydrogen) atoms. The molecule has 0 aliphatic carbocycles. The first-order valence-corrected chi connectivity index (χ1v) is 5.78. The van der Waals surface area contributed by atoms with Gasteiger partial charge < -0.3 is 9.40 Å². The fourth-order valence-corrected chi connectivity index (χ4v) is 2.06. The monoisotopic (exact) mass is 226 g/mol. The number of hydrogen-bond donors (Lipinski definition) is 0. The van der Waals surface area contributed by atoms with Gasteiger partial charge in [0.05, 0.1) is 11.4 Å². The first kappa shape index (κ1) is 10.1. The van der Waals surface area contributed by atoms with Gasteiger partial charge in [-0.15, -0.1) is 0 Å². The van der Waals surface area contributed by atoms with Crippen LogP contribution in [0.25, 0.3) is 5.69 Å².